The highest BCUT2D eigenvalue weighted by Gasteiger charge is 2.39. The molecule has 6 heterocycles. The maximum absolute atomic E-state index is 13.1. The standard InChI is InChI=1S/C30H12N6O2S4/c31-11-15(12-32)21-5-1-17(39-21)9-19-3-7-23(41-19)25-27-28(36-29(25)37)26(30(38)35-27)24-8-4-20(42-24)10-18-2-6-22(40-18)16(13-33)14-34/h1-10H,(H,35,38)(H,36,37)/b17-9+,18-10+. The van der Waals surface area contributed by atoms with Gasteiger partial charge in [-0.3, -0.25) is 9.59 Å². The van der Waals surface area contributed by atoms with Gasteiger partial charge in [-0.1, -0.05) is 0 Å². The number of thiophene rings is 4. The molecule has 6 rings (SSSR count). The molecule has 2 amide bonds. The summed E-state index contributed by atoms with van der Waals surface area (Å²) in [5.41, 5.74) is 1.82. The number of carbonyl (C=O) groups excluding carboxylic acids is 2. The van der Waals surface area contributed by atoms with E-state index in [9.17, 15) is 9.59 Å². The van der Waals surface area contributed by atoms with E-state index in [1.54, 1.807) is 12.1 Å². The average Bonchev–Trinajstić information content (AvgIpc) is 3.81. The number of fused-ring (bicyclic) bond motifs is 1. The first-order valence-corrected chi connectivity index (χ1v) is 15.2. The Morgan fingerprint density at radius 2 is 0.976 bits per heavy atom. The van der Waals surface area contributed by atoms with Crippen LogP contribution in [0, 0.1) is 45.3 Å². The topological polar surface area (TPSA) is 153 Å². The molecule has 12 heteroatoms. The number of rotatable bonds is 4. The molecule has 2 aliphatic heterocycles. The number of nitrogens with one attached hydrogen (secondary N) is 2. The van der Waals surface area contributed by atoms with Crippen LogP contribution >= 0.6 is 45.3 Å². The minimum absolute atomic E-state index is 0.0630. The van der Waals surface area contributed by atoms with Crippen LogP contribution in [-0.2, 0) is 9.59 Å². The second kappa shape index (κ2) is 10.9. The van der Waals surface area contributed by atoms with Crippen LogP contribution in [0.1, 0.15) is 19.5 Å². The van der Waals surface area contributed by atoms with Crippen molar-refractivity contribution >= 4 is 91.6 Å². The summed E-state index contributed by atoms with van der Waals surface area (Å²) >= 11 is 5.46. The lowest BCUT2D eigenvalue weighted by molar-refractivity contribution is -0.114. The lowest BCUT2D eigenvalue weighted by atomic mass is 10.1. The summed E-state index contributed by atoms with van der Waals surface area (Å²) in [4.78, 5) is 29.3. The van der Waals surface area contributed by atoms with Gasteiger partial charge in [-0.2, -0.15) is 21.0 Å². The third-order valence-electron chi connectivity index (χ3n) is 6.19. The highest BCUT2D eigenvalue weighted by Crippen LogP contribution is 2.40. The Morgan fingerprint density at radius 3 is 1.36 bits per heavy atom. The molecule has 2 aliphatic rings. The Morgan fingerprint density at radius 1 is 0.571 bits per heavy atom. The Balaban J connectivity index is 1.34. The molecule has 42 heavy (non-hydrogen) atoms. The molecule has 0 radical (unpaired) electrons. The van der Waals surface area contributed by atoms with Crippen molar-refractivity contribution in [2.45, 2.75) is 0 Å². The predicted octanol–water partition coefficient (Wildman–Crippen LogP) is 2.37. The molecule has 0 saturated heterocycles. The van der Waals surface area contributed by atoms with E-state index in [2.05, 4.69) is 10.6 Å². The highest BCUT2D eigenvalue weighted by atomic mass is 32.1. The van der Waals surface area contributed by atoms with Gasteiger partial charge in [0.25, 0.3) is 11.8 Å². The maximum Gasteiger partial charge on any atom is 0.259 e. The summed E-state index contributed by atoms with van der Waals surface area (Å²) < 4.78 is 2.92. The number of carbonyl (C=O) groups is 2. The quantitative estimate of drug-likeness (QED) is 0.359. The SMILES string of the molecule is N#CC(C#N)=c1cc/c(=C\c2ccc(C3=C4NC(=O)C(c5ccc(/C=c6\ccc(=C(C#N)C#N)s6)s5)=C4NC3=O)s2)s1. The molecule has 4 aromatic rings. The largest absolute Gasteiger partial charge is 0.319 e. The molecular weight excluding hydrogens is 605 g/mol. The Labute approximate surface area is 253 Å². The minimum atomic E-state index is -0.303. The van der Waals surface area contributed by atoms with Gasteiger partial charge >= 0.3 is 0 Å². The second-order valence-electron chi connectivity index (χ2n) is 8.70. The Hall–Kier alpha value is -5.34. The van der Waals surface area contributed by atoms with Crippen molar-refractivity contribution in [1.29, 1.82) is 21.0 Å². The third kappa shape index (κ3) is 4.78. The number of amides is 2. The van der Waals surface area contributed by atoms with Gasteiger partial charge in [0.1, 0.15) is 35.4 Å². The van der Waals surface area contributed by atoms with Crippen LogP contribution in [0.25, 0.3) is 34.4 Å². The molecule has 0 atom stereocenters. The van der Waals surface area contributed by atoms with E-state index in [1.165, 1.54) is 45.3 Å². The second-order valence-corrected chi connectivity index (χ2v) is 13.2. The van der Waals surface area contributed by atoms with Crippen LogP contribution in [0.3, 0.4) is 0 Å². The smallest absolute Gasteiger partial charge is 0.259 e. The van der Waals surface area contributed by atoms with Crippen LogP contribution in [0.15, 0.2) is 59.9 Å². The fraction of sp³-hybridized carbons (Fsp3) is 0. The first-order chi connectivity index (χ1) is 20.4. The van der Waals surface area contributed by atoms with Crippen LogP contribution in [0.5, 0.6) is 0 Å². The van der Waals surface area contributed by atoms with Crippen molar-refractivity contribution in [3.05, 3.63) is 97.6 Å². The van der Waals surface area contributed by atoms with Gasteiger partial charge in [-0.15, -0.1) is 45.3 Å². The van der Waals surface area contributed by atoms with Crippen molar-refractivity contribution in [3.8, 4) is 24.3 Å². The summed E-state index contributed by atoms with van der Waals surface area (Å²) in [5.74, 6) is -0.605. The molecule has 0 bridgehead atoms. The first-order valence-electron chi connectivity index (χ1n) is 12.0. The minimum Gasteiger partial charge on any atom is -0.319 e. The lowest BCUT2D eigenvalue weighted by Gasteiger charge is -2.01. The molecule has 0 aliphatic carbocycles. The van der Waals surface area contributed by atoms with Crippen molar-refractivity contribution in [1.82, 2.24) is 10.6 Å². The molecule has 0 aromatic carbocycles. The molecule has 2 N–H and O–H groups in total. The van der Waals surface area contributed by atoms with E-state index < -0.39 is 0 Å². The van der Waals surface area contributed by atoms with Crippen LogP contribution < -0.4 is 28.8 Å². The fourth-order valence-electron chi connectivity index (χ4n) is 4.36. The van der Waals surface area contributed by atoms with Gasteiger partial charge in [0.2, 0.25) is 0 Å². The van der Waals surface area contributed by atoms with Crippen molar-refractivity contribution < 1.29 is 9.59 Å². The Kier molecular flexibility index (Phi) is 6.98. The average molecular weight is 617 g/mol. The molecule has 8 nitrogen and oxygen atoms in total. The molecule has 0 fully saturated rings. The number of nitrogens with zero attached hydrogens (tertiary/aromatic N) is 4. The zero-order chi connectivity index (χ0) is 29.4. The molecule has 0 unspecified atom stereocenters. The van der Waals surface area contributed by atoms with E-state index >= 15 is 0 Å². The third-order valence-corrected chi connectivity index (χ3v) is 10.4. The van der Waals surface area contributed by atoms with E-state index in [4.69, 9.17) is 21.0 Å². The van der Waals surface area contributed by atoms with Crippen LogP contribution in [0.2, 0.25) is 0 Å². The summed E-state index contributed by atoms with van der Waals surface area (Å²) in [7, 11) is 0. The van der Waals surface area contributed by atoms with Gasteiger partial charge in [0, 0.05) is 28.6 Å². The monoisotopic (exact) mass is 616 g/mol. The van der Waals surface area contributed by atoms with Gasteiger partial charge in [-0.05, 0) is 60.7 Å². The van der Waals surface area contributed by atoms with Crippen LogP contribution in [-0.4, -0.2) is 11.8 Å². The van der Waals surface area contributed by atoms with Gasteiger partial charge < -0.3 is 10.6 Å². The molecule has 198 valence electrons. The van der Waals surface area contributed by atoms with Gasteiger partial charge in [-0.25, -0.2) is 0 Å². The van der Waals surface area contributed by atoms with E-state index in [1.807, 2.05) is 72.8 Å². The van der Waals surface area contributed by atoms with Gasteiger partial charge in [0.15, 0.2) is 0 Å². The zero-order valence-corrected chi connectivity index (χ0v) is 24.3. The fourth-order valence-corrected chi connectivity index (χ4v) is 8.34. The molecule has 0 saturated carbocycles. The van der Waals surface area contributed by atoms with Crippen molar-refractivity contribution in [2.24, 2.45) is 0 Å². The predicted molar refractivity (Wildman–Crippen MR) is 162 cm³/mol. The zero-order valence-electron chi connectivity index (χ0n) is 21.0. The number of hydrogen-bond acceptors (Lipinski definition) is 10. The van der Waals surface area contributed by atoms with E-state index in [0.29, 0.717) is 41.4 Å². The van der Waals surface area contributed by atoms with Crippen LogP contribution in [0.4, 0.5) is 0 Å². The maximum atomic E-state index is 13.1. The highest BCUT2D eigenvalue weighted by molar-refractivity contribution is 7.15. The Bertz CT molecular complexity index is 2150. The normalized spacial score (nSPS) is 14.7. The van der Waals surface area contributed by atoms with E-state index in [0.717, 1.165) is 18.8 Å². The summed E-state index contributed by atoms with van der Waals surface area (Å²) in [6, 6.07) is 22.1. The summed E-state index contributed by atoms with van der Waals surface area (Å²) in [6.07, 6.45) is 3.84. The summed E-state index contributed by atoms with van der Waals surface area (Å²) in [5, 5.41) is 42.1. The summed E-state index contributed by atoms with van der Waals surface area (Å²) in [6.45, 7) is 0. The molecule has 4 aromatic heterocycles. The number of hydrogen-bond donors (Lipinski definition) is 2. The van der Waals surface area contributed by atoms with Crippen molar-refractivity contribution in [3.63, 3.8) is 0 Å². The molecular formula is C30H12N6O2S4. The number of nitriles is 4. The van der Waals surface area contributed by atoms with Gasteiger partial charge in [0.05, 0.1) is 31.6 Å². The van der Waals surface area contributed by atoms with E-state index in [-0.39, 0.29) is 23.0 Å². The van der Waals surface area contributed by atoms with Crippen molar-refractivity contribution in [2.75, 3.05) is 0 Å². The lowest BCUT2D eigenvalue weighted by Crippen LogP contribution is -2.19. The first kappa shape index (κ1) is 26.9. The molecule has 0 spiro atoms.